The smallest absolute Gasteiger partial charge is 0.280 e. The number of thiazole rings is 1. The molecular formula is C18H21N7OS2. The number of anilines is 1. The molecule has 0 unspecified atom stereocenters. The molecule has 10 heteroatoms. The summed E-state index contributed by atoms with van der Waals surface area (Å²) in [6.07, 6.45) is 0. The topological polar surface area (TPSA) is 80.9 Å². The summed E-state index contributed by atoms with van der Waals surface area (Å²) in [4.78, 5) is 29.3. The van der Waals surface area contributed by atoms with Crippen molar-refractivity contribution in [1.82, 2.24) is 29.4 Å². The fraction of sp³-hybridized carbons (Fsp3) is 0.444. The molecule has 1 aliphatic rings. The maximum atomic E-state index is 13.2. The van der Waals surface area contributed by atoms with Crippen LogP contribution in [0.1, 0.15) is 12.6 Å². The molecule has 0 aliphatic carbocycles. The molecule has 0 atom stereocenters. The Kier molecular flexibility index (Phi) is 5.39. The van der Waals surface area contributed by atoms with Gasteiger partial charge in [-0.1, -0.05) is 5.92 Å². The first-order valence-corrected chi connectivity index (χ1v) is 10.7. The molecule has 1 aliphatic heterocycles. The van der Waals surface area contributed by atoms with Crippen LogP contribution in [0.2, 0.25) is 0 Å². The highest BCUT2D eigenvalue weighted by Crippen LogP contribution is 2.29. The van der Waals surface area contributed by atoms with Crippen molar-refractivity contribution in [2.75, 3.05) is 31.1 Å². The van der Waals surface area contributed by atoms with Gasteiger partial charge in [-0.05, 0) is 25.6 Å². The minimum absolute atomic E-state index is 0.118. The van der Waals surface area contributed by atoms with E-state index in [2.05, 4.69) is 27.0 Å². The van der Waals surface area contributed by atoms with Crippen molar-refractivity contribution in [1.29, 1.82) is 0 Å². The predicted octanol–water partition coefficient (Wildman–Crippen LogP) is 1.48. The van der Waals surface area contributed by atoms with Crippen LogP contribution in [-0.2, 0) is 13.6 Å². The number of nitrogens with one attached hydrogen (secondary N) is 1. The number of hydrogen-bond donors (Lipinski definition) is 1. The molecule has 0 saturated carbocycles. The molecule has 8 nitrogen and oxygen atoms in total. The number of aromatic nitrogens is 5. The molecule has 0 aromatic carbocycles. The molecule has 3 aromatic rings. The van der Waals surface area contributed by atoms with Gasteiger partial charge in [0.2, 0.25) is 5.95 Å². The Balaban J connectivity index is 1.84. The summed E-state index contributed by atoms with van der Waals surface area (Å²) in [6, 6.07) is 0. The third kappa shape index (κ3) is 3.53. The lowest BCUT2D eigenvalue weighted by atomic mass is 10.4. The second-order valence-electron chi connectivity index (χ2n) is 6.45. The fourth-order valence-corrected chi connectivity index (χ4v) is 4.87. The van der Waals surface area contributed by atoms with Gasteiger partial charge in [-0.15, -0.1) is 17.3 Å². The highest BCUT2D eigenvalue weighted by Gasteiger charge is 2.23. The number of rotatable bonds is 4. The van der Waals surface area contributed by atoms with Crippen molar-refractivity contribution >= 4 is 40.2 Å². The zero-order valence-electron chi connectivity index (χ0n) is 16.0. The van der Waals surface area contributed by atoms with E-state index in [0.717, 1.165) is 42.2 Å². The summed E-state index contributed by atoms with van der Waals surface area (Å²) in [5.74, 6) is 6.74. The highest BCUT2D eigenvalue weighted by molar-refractivity contribution is 8.00. The highest BCUT2D eigenvalue weighted by atomic mass is 32.2. The van der Waals surface area contributed by atoms with Gasteiger partial charge in [-0.2, -0.15) is 4.98 Å². The molecule has 3 aromatic heterocycles. The van der Waals surface area contributed by atoms with Gasteiger partial charge in [0, 0.05) is 44.3 Å². The van der Waals surface area contributed by atoms with Gasteiger partial charge >= 0.3 is 0 Å². The Morgan fingerprint density at radius 2 is 2.07 bits per heavy atom. The largest absolute Gasteiger partial charge is 0.340 e. The lowest BCUT2D eigenvalue weighted by Crippen LogP contribution is -2.44. The first-order chi connectivity index (χ1) is 13.6. The number of piperazine rings is 1. The lowest BCUT2D eigenvalue weighted by Gasteiger charge is -2.28. The molecule has 28 heavy (non-hydrogen) atoms. The molecule has 1 saturated heterocycles. The van der Waals surface area contributed by atoms with E-state index < -0.39 is 0 Å². The van der Waals surface area contributed by atoms with E-state index in [4.69, 9.17) is 9.97 Å². The van der Waals surface area contributed by atoms with E-state index in [1.807, 2.05) is 16.9 Å². The Labute approximate surface area is 171 Å². The molecule has 0 bridgehead atoms. The summed E-state index contributed by atoms with van der Waals surface area (Å²) >= 11 is 2.93. The molecule has 4 rings (SSSR count). The first kappa shape index (κ1) is 19.0. The molecule has 146 valence electrons. The molecule has 1 N–H and O–H groups in total. The van der Waals surface area contributed by atoms with Crippen molar-refractivity contribution in [3.63, 3.8) is 0 Å². The predicted molar refractivity (Wildman–Crippen MR) is 112 cm³/mol. The van der Waals surface area contributed by atoms with E-state index >= 15 is 0 Å². The van der Waals surface area contributed by atoms with Crippen LogP contribution in [0.15, 0.2) is 19.7 Å². The number of nitrogens with zero attached hydrogens (tertiary/aromatic N) is 6. The van der Waals surface area contributed by atoms with Gasteiger partial charge in [0.1, 0.15) is 0 Å². The maximum absolute atomic E-state index is 13.2. The van der Waals surface area contributed by atoms with Crippen LogP contribution in [0.4, 0.5) is 5.95 Å². The number of imidazole rings is 1. The van der Waals surface area contributed by atoms with E-state index in [0.29, 0.717) is 22.9 Å². The Bertz CT molecular complexity index is 1130. The standard InChI is InChI=1S/C18H21N7OS2/c1-4-5-8-25-13-14(21-16(25)24-9-6-19-7-10-24)22-17(23(3)15(13)26)28-18-20-12(2)11-27-18/h11,19H,6-10H2,1-3H3. The average molecular weight is 416 g/mol. The van der Waals surface area contributed by atoms with Crippen molar-refractivity contribution in [3.05, 3.63) is 21.4 Å². The lowest BCUT2D eigenvalue weighted by molar-refractivity contribution is 0.573. The normalized spacial score (nSPS) is 14.3. The fourth-order valence-electron chi connectivity index (χ4n) is 3.09. The second kappa shape index (κ2) is 7.95. The Morgan fingerprint density at radius 3 is 2.75 bits per heavy atom. The molecule has 0 radical (unpaired) electrons. The van der Waals surface area contributed by atoms with Crippen molar-refractivity contribution in [3.8, 4) is 11.8 Å². The van der Waals surface area contributed by atoms with Crippen LogP contribution < -0.4 is 15.8 Å². The van der Waals surface area contributed by atoms with E-state index in [1.54, 1.807) is 29.9 Å². The number of fused-ring (bicyclic) bond motifs is 1. The molecule has 0 amide bonds. The summed E-state index contributed by atoms with van der Waals surface area (Å²) in [7, 11) is 1.74. The van der Waals surface area contributed by atoms with Gasteiger partial charge in [0.25, 0.3) is 5.56 Å². The quantitative estimate of drug-likeness (QED) is 0.511. The van der Waals surface area contributed by atoms with Crippen LogP contribution in [0.5, 0.6) is 0 Å². The van der Waals surface area contributed by atoms with Crippen LogP contribution in [0, 0.1) is 18.8 Å². The van der Waals surface area contributed by atoms with Crippen molar-refractivity contribution in [2.24, 2.45) is 7.05 Å². The summed E-state index contributed by atoms with van der Waals surface area (Å²) in [6.45, 7) is 7.61. The molecule has 0 spiro atoms. The Morgan fingerprint density at radius 1 is 1.29 bits per heavy atom. The SMILES string of the molecule is CC#CCn1c(N2CCNCC2)nc2nc(Sc3nc(C)cs3)n(C)c(=O)c21. The van der Waals surface area contributed by atoms with Crippen LogP contribution in [0.3, 0.4) is 0 Å². The third-order valence-electron chi connectivity index (χ3n) is 4.52. The van der Waals surface area contributed by atoms with Crippen molar-refractivity contribution < 1.29 is 0 Å². The summed E-state index contributed by atoms with van der Waals surface area (Å²) < 4.78 is 4.33. The maximum Gasteiger partial charge on any atom is 0.280 e. The number of hydrogen-bond acceptors (Lipinski definition) is 8. The average Bonchev–Trinajstić information content (AvgIpc) is 3.28. The van der Waals surface area contributed by atoms with E-state index in [-0.39, 0.29) is 5.56 Å². The molecule has 4 heterocycles. The summed E-state index contributed by atoms with van der Waals surface area (Å²) in [5.41, 5.74) is 1.80. The van der Waals surface area contributed by atoms with Crippen LogP contribution >= 0.6 is 23.1 Å². The molecular weight excluding hydrogens is 394 g/mol. The minimum Gasteiger partial charge on any atom is -0.340 e. The first-order valence-electron chi connectivity index (χ1n) is 9.01. The third-order valence-corrected chi connectivity index (χ3v) is 6.62. The van der Waals surface area contributed by atoms with Gasteiger partial charge < -0.3 is 10.2 Å². The molecule has 1 fully saturated rings. The zero-order chi connectivity index (χ0) is 19.7. The second-order valence-corrected chi connectivity index (χ2v) is 8.52. The Hall–Kier alpha value is -2.35. The monoisotopic (exact) mass is 415 g/mol. The minimum atomic E-state index is -0.118. The van der Waals surface area contributed by atoms with Gasteiger partial charge in [-0.25, -0.2) is 9.97 Å². The van der Waals surface area contributed by atoms with Crippen molar-refractivity contribution in [2.45, 2.75) is 29.9 Å². The van der Waals surface area contributed by atoms with Gasteiger partial charge in [-0.3, -0.25) is 13.9 Å². The van der Waals surface area contributed by atoms with Crippen LogP contribution in [0.25, 0.3) is 11.2 Å². The van der Waals surface area contributed by atoms with Gasteiger partial charge in [0.05, 0.1) is 6.54 Å². The zero-order valence-corrected chi connectivity index (χ0v) is 17.7. The van der Waals surface area contributed by atoms with Gasteiger partial charge in [0.15, 0.2) is 20.7 Å². The van der Waals surface area contributed by atoms with Crippen LogP contribution in [-0.4, -0.2) is 50.3 Å². The number of aryl methyl sites for hydroxylation is 1. The van der Waals surface area contributed by atoms with E-state index in [9.17, 15) is 4.79 Å². The summed E-state index contributed by atoms with van der Waals surface area (Å²) in [5, 5.41) is 5.92. The van der Waals surface area contributed by atoms with E-state index in [1.165, 1.54) is 11.8 Å².